The highest BCUT2D eigenvalue weighted by atomic mass is 16.5. The molecule has 1 heterocycles. The van der Waals surface area contributed by atoms with Gasteiger partial charge < -0.3 is 10.5 Å². The van der Waals surface area contributed by atoms with Crippen LogP contribution >= 0.6 is 0 Å². The van der Waals surface area contributed by atoms with E-state index in [1.165, 1.54) is 0 Å². The van der Waals surface area contributed by atoms with Crippen LogP contribution in [0.2, 0.25) is 0 Å². The zero-order valence-corrected chi connectivity index (χ0v) is 7.55. The predicted molar refractivity (Wildman–Crippen MR) is 46.4 cm³/mol. The highest BCUT2D eigenvalue weighted by Crippen LogP contribution is 2.24. The minimum absolute atomic E-state index is 0.383. The fourth-order valence-electron chi connectivity index (χ4n) is 1.84. The van der Waals surface area contributed by atoms with Crippen LogP contribution in [0.3, 0.4) is 0 Å². The van der Waals surface area contributed by atoms with E-state index in [0.29, 0.717) is 17.9 Å². The summed E-state index contributed by atoms with van der Waals surface area (Å²) >= 11 is 0. The van der Waals surface area contributed by atoms with Crippen molar-refractivity contribution in [2.45, 2.75) is 32.7 Å². The van der Waals surface area contributed by atoms with Gasteiger partial charge in [-0.2, -0.15) is 0 Å². The third-order valence-electron chi connectivity index (χ3n) is 2.73. The van der Waals surface area contributed by atoms with Crippen LogP contribution in [0.4, 0.5) is 0 Å². The lowest BCUT2D eigenvalue weighted by Gasteiger charge is -2.32. The van der Waals surface area contributed by atoms with Gasteiger partial charge >= 0.3 is 0 Å². The van der Waals surface area contributed by atoms with Crippen LogP contribution in [-0.2, 0) is 4.74 Å². The quantitative estimate of drug-likeness (QED) is 0.657. The van der Waals surface area contributed by atoms with Crippen LogP contribution in [0.15, 0.2) is 0 Å². The van der Waals surface area contributed by atoms with E-state index >= 15 is 0 Å². The van der Waals surface area contributed by atoms with E-state index in [9.17, 15) is 0 Å². The fraction of sp³-hybridized carbons (Fsp3) is 1.00. The lowest BCUT2D eigenvalue weighted by Crippen LogP contribution is -2.38. The molecule has 3 atom stereocenters. The van der Waals surface area contributed by atoms with Crippen molar-refractivity contribution in [2.75, 3.05) is 13.2 Å². The molecule has 2 N–H and O–H groups in total. The van der Waals surface area contributed by atoms with Crippen LogP contribution in [0.5, 0.6) is 0 Å². The summed E-state index contributed by atoms with van der Waals surface area (Å²) < 4.78 is 5.35. The molecule has 2 heteroatoms. The summed E-state index contributed by atoms with van der Waals surface area (Å²) in [6.07, 6.45) is 2.24. The molecule has 3 unspecified atom stereocenters. The van der Waals surface area contributed by atoms with Gasteiger partial charge in [-0.3, -0.25) is 0 Å². The van der Waals surface area contributed by atoms with Crippen molar-refractivity contribution in [3.8, 4) is 0 Å². The molecule has 0 aromatic heterocycles. The largest absolute Gasteiger partial charge is 0.381 e. The molecular formula is C9H19NO. The Kier molecular flexibility index (Phi) is 3.34. The minimum atomic E-state index is 0.383. The number of hydrogen-bond donors (Lipinski definition) is 1. The molecular weight excluding hydrogens is 138 g/mol. The van der Waals surface area contributed by atoms with Crippen LogP contribution in [0.1, 0.15) is 26.7 Å². The molecule has 1 fully saturated rings. The van der Waals surface area contributed by atoms with Crippen molar-refractivity contribution < 1.29 is 4.74 Å². The van der Waals surface area contributed by atoms with Gasteiger partial charge in [0.25, 0.3) is 0 Å². The second-order valence-electron chi connectivity index (χ2n) is 3.58. The normalized spacial score (nSPS) is 35.2. The van der Waals surface area contributed by atoms with Gasteiger partial charge in [0.05, 0.1) is 0 Å². The Morgan fingerprint density at radius 2 is 2.36 bits per heavy atom. The average Bonchev–Trinajstić information content (AvgIpc) is 2.04. The maximum Gasteiger partial charge on any atom is 0.0494 e. The summed E-state index contributed by atoms with van der Waals surface area (Å²) in [4.78, 5) is 0. The van der Waals surface area contributed by atoms with Crippen LogP contribution in [0.25, 0.3) is 0 Å². The van der Waals surface area contributed by atoms with Crippen LogP contribution < -0.4 is 5.73 Å². The Bertz CT molecular complexity index is 112. The highest BCUT2D eigenvalue weighted by Gasteiger charge is 2.25. The van der Waals surface area contributed by atoms with Gasteiger partial charge in [-0.15, -0.1) is 0 Å². The Labute approximate surface area is 69.1 Å². The Morgan fingerprint density at radius 1 is 1.64 bits per heavy atom. The molecule has 1 rings (SSSR count). The van der Waals surface area contributed by atoms with Gasteiger partial charge in [-0.1, -0.05) is 13.8 Å². The summed E-state index contributed by atoms with van der Waals surface area (Å²) in [6, 6.07) is 0.383. The van der Waals surface area contributed by atoms with Crippen molar-refractivity contribution in [3.63, 3.8) is 0 Å². The van der Waals surface area contributed by atoms with Crippen molar-refractivity contribution in [1.29, 1.82) is 0 Å². The topological polar surface area (TPSA) is 35.2 Å². The smallest absolute Gasteiger partial charge is 0.0494 e. The van der Waals surface area contributed by atoms with E-state index in [4.69, 9.17) is 10.5 Å². The number of rotatable bonds is 2. The summed E-state index contributed by atoms with van der Waals surface area (Å²) in [5.41, 5.74) is 5.98. The standard InChI is InChI=1S/C9H19NO/c1-3-9(10)8-4-5-11-6-7(8)2/h7-9H,3-6,10H2,1-2H3. The second-order valence-corrected chi connectivity index (χ2v) is 3.58. The fourth-order valence-corrected chi connectivity index (χ4v) is 1.84. The molecule has 66 valence electrons. The van der Waals surface area contributed by atoms with E-state index in [1.807, 2.05) is 0 Å². The SMILES string of the molecule is CCC(N)C1CCOCC1C. The summed E-state index contributed by atoms with van der Waals surface area (Å²) in [5.74, 6) is 1.34. The third-order valence-corrected chi connectivity index (χ3v) is 2.73. The molecule has 1 aliphatic heterocycles. The van der Waals surface area contributed by atoms with E-state index in [2.05, 4.69) is 13.8 Å². The summed E-state index contributed by atoms with van der Waals surface area (Å²) in [5, 5.41) is 0. The Hall–Kier alpha value is -0.0800. The summed E-state index contributed by atoms with van der Waals surface area (Å²) in [7, 11) is 0. The van der Waals surface area contributed by atoms with Gasteiger partial charge in [-0.05, 0) is 24.7 Å². The lowest BCUT2D eigenvalue weighted by atomic mass is 9.83. The monoisotopic (exact) mass is 157 g/mol. The summed E-state index contributed by atoms with van der Waals surface area (Å²) in [6.45, 7) is 6.20. The second kappa shape index (κ2) is 4.07. The molecule has 0 spiro atoms. The van der Waals surface area contributed by atoms with Crippen molar-refractivity contribution in [2.24, 2.45) is 17.6 Å². The van der Waals surface area contributed by atoms with Gasteiger partial charge in [0.1, 0.15) is 0 Å². The maximum absolute atomic E-state index is 5.98. The number of ether oxygens (including phenoxy) is 1. The van der Waals surface area contributed by atoms with Crippen LogP contribution in [0, 0.1) is 11.8 Å². The van der Waals surface area contributed by atoms with E-state index < -0.39 is 0 Å². The lowest BCUT2D eigenvalue weighted by molar-refractivity contribution is 0.0153. The molecule has 0 saturated carbocycles. The molecule has 0 bridgehead atoms. The first kappa shape index (κ1) is 9.01. The molecule has 0 aliphatic carbocycles. The van der Waals surface area contributed by atoms with E-state index in [-0.39, 0.29) is 0 Å². The third kappa shape index (κ3) is 2.17. The Morgan fingerprint density at radius 3 is 2.91 bits per heavy atom. The van der Waals surface area contributed by atoms with Gasteiger partial charge in [0, 0.05) is 19.3 Å². The van der Waals surface area contributed by atoms with Crippen molar-refractivity contribution in [3.05, 3.63) is 0 Å². The molecule has 0 aromatic rings. The first-order valence-electron chi connectivity index (χ1n) is 4.59. The first-order chi connectivity index (χ1) is 5.25. The number of hydrogen-bond acceptors (Lipinski definition) is 2. The predicted octanol–water partition coefficient (Wildman–Crippen LogP) is 1.40. The van der Waals surface area contributed by atoms with Crippen LogP contribution in [-0.4, -0.2) is 19.3 Å². The Balaban J connectivity index is 2.40. The average molecular weight is 157 g/mol. The van der Waals surface area contributed by atoms with Gasteiger partial charge in [0.15, 0.2) is 0 Å². The minimum Gasteiger partial charge on any atom is -0.381 e. The molecule has 1 aliphatic rings. The molecule has 0 radical (unpaired) electrons. The molecule has 11 heavy (non-hydrogen) atoms. The maximum atomic E-state index is 5.98. The molecule has 1 saturated heterocycles. The molecule has 0 amide bonds. The highest BCUT2D eigenvalue weighted by molar-refractivity contribution is 4.78. The van der Waals surface area contributed by atoms with Crippen molar-refractivity contribution >= 4 is 0 Å². The van der Waals surface area contributed by atoms with Gasteiger partial charge in [0.2, 0.25) is 0 Å². The zero-order valence-electron chi connectivity index (χ0n) is 7.55. The van der Waals surface area contributed by atoms with E-state index in [1.54, 1.807) is 0 Å². The molecule has 0 aromatic carbocycles. The molecule has 2 nitrogen and oxygen atoms in total. The zero-order chi connectivity index (χ0) is 8.27. The number of nitrogens with two attached hydrogens (primary N) is 1. The van der Waals surface area contributed by atoms with E-state index in [0.717, 1.165) is 26.1 Å². The van der Waals surface area contributed by atoms with Gasteiger partial charge in [-0.25, -0.2) is 0 Å². The first-order valence-corrected chi connectivity index (χ1v) is 4.59. The van der Waals surface area contributed by atoms with Crippen molar-refractivity contribution in [1.82, 2.24) is 0 Å².